The highest BCUT2D eigenvalue weighted by molar-refractivity contribution is 6.74. The van der Waals surface area contributed by atoms with Crippen molar-refractivity contribution in [2.45, 2.75) is 71.6 Å². The Morgan fingerprint density at radius 1 is 0.898 bits per heavy atom. The van der Waals surface area contributed by atoms with Crippen LogP contribution in [-0.2, 0) is 63.7 Å². The molecule has 10 nitrogen and oxygen atoms in total. The number of hydrogen-bond donors (Lipinski definition) is 0. The first kappa shape index (κ1) is 38.6. The third-order valence-electron chi connectivity index (χ3n) is 9.44. The maximum absolute atomic E-state index is 13.3. The van der Waals surface area contributed by atoms with E-state index in [0.717, 1.165) is 56.7 Å². The van der Waals surface area contributed by atoms with E-state index in [1.807, 2.05) is 59.7 Å². The summed E-state index contributed by atoms with van der Waals surface area (Å²) < 4.78 is 38.2. The second kappa shape index (κ2) is 16.7. The van der Waals surface area contributed by atoms with Crippen LogP contribution in [0.5, 0.6) is 5.75 Å². The molecule has 0 spiro atoms. The molecule has 0 N–H and O–H groups in total. The zero-order valence-corrected chi connectivity index (χ0v) is 32.5. The molecule has 0 fully saturated rings. The number of carbonyl (C=O) groups excluding carboxylic acids is 1. The molecule has 49 heavy (non-hydrogen) atoms. The van der Waals surface area contributed by atoms with Crippen molar-refractivity contribution in [3.05, 3.63) is 69.5 Å². The Balaban J connectivity index is 1.77. The van der Waals surface area contributed by atoms with E-state index in [0.29, 0.717) is 43.6 Å². The lowest BCUT2D eigenvalue weighted by Gasteiger charge is -2.36. The van der Waals surface area contributed by atoms with Gasteiger partial charge in [0, 0.05) is 44.3 Å². The zero-order chi connectivity index (χ0) is 35.9. The minimum Gasteiger partial charge on any atom is -0.497 e. The first-order valence-electron chi connectivity index (χ1n) is 16.6. The molecule has 268 valence electrons. The molecule has 0 aliphatic carbocycles. The van der Waals surface area contributed by atoms with E-state index < -0.39 is 14.3 Å². The van der Waals surface area contributed by atoms with Crippen molar-refractivity contribution >= 4 is 36.8 Å². The van der Waals surface area contributed by atoms with Gasteiger partial charge in [0.05, 0.1) is 69.2 Å². The summed E-state index contributed by atoms with van der Waals surface area (Å²) in [4.78, 5) is 13.3. The molecule has 2 aromatic heterocycles. The number of benzene rings is 2. The van der Waals surface area contributed by atoms with Gasteiger partial charge in [0.25, 0.3) is 0 Å². The van der Waals surface area contributed by atoms with Crippen LogP contribution in [0.2, 0.25) is 23.2 Å². The Morgan fingerprint density at radius 3 is 2.24 bits per heavy atom. The number of rotatable bonds is 17. The molecule has 0 saturated heterocycles. The highest BCUT2D eigenvalue weighted by Crippen LogP contribution is 2.42. The van der Waals surface area contributed by atoms with Crippen molar-refractivity contribution in [3.63, 3.8) is 0 Å². The number of halogens is 1. The van der Waals surface area contributed by atoms with Crippen molar-refractivity contribution < 1.29 is 32.9 Å². The van der Waals surface area contributed by atoms with Crippen molar-refractivity contribution in [1.82, 2.24) is 14.3 Å². The number of aromatic nitrogens is 3. The fraction of sp³-hybridized carbons (Fsp3) is 0.514. The fourth-order valence-corrected chi connectivity index (χ4v) is 7.07. The molecule has 0 saturated carbocycles. The Morgan fingerprint density at radius 2 is 1.61 bits per heavy atom. The van der Waals surface area contributed by atoms with Crippen LogP contribution in [0.15, 0.2) is 36.4 Å². The molecule has 0 bridgehead atoms. The maximum Gasteiger partial charge on any atom is 0.354 e. The average molecular weight is 714 g/mol. The van der Waals surface area contributed by atoms with Gasteiger partial charge in [-0.1, -0.05) is 50.6 Å². The van der Waals surface area contributed by atoms with E-state index in [-0.39, 0.29) is 18.3 Å². The second-order valence-corrected chi connectivity index (χ2v) is 18.9. The van der Waals surface area contributed by atoms with Crippen LogP contribution in [0.1, 0.15) is 60.1 Å². The Labute approximate surface area is 296 Å². The smallest absolute Gasteiger partial charge is 0.354 e. The topological polar surface area (TPSA) is 95.2 Å². The highest BCUT2D eigenvalue weighted by Gasteiger charge is 2.37. The third kappa shape index (κ3) is 8.76. The van der Waals surface area contributed by atoms with Crippen LogP contribution in [0.25, 0.3) is 22.2 Å². The van der Waals surface area contributed by atoms with Gasteiger partial charge in [-0.25, -0.2) is 4.79 Å². The number of nitrogens with zero attached hydrogens (tertiary/aromatic N) is 3. The molecule has 0 amide bonds. The Kier molecular flexibility index (Phi) is 13.1. The minimum atomic E-state index is -1.92. The van der Waals surface area contributed by atoms with E-state index >= 15 is 0 Å². The van der Waals surface area contributed by atoms with Gasteiger partial charge in [0.15, 0.2) is 8.32 Å². The Hall–Kier alpha value is -3.19. The molecule has 0 radical (unpaired) electrons. The molecule has 2 aromatic carbocycles. The predicted molar refractivity (Wildman–Crippen MR) is 196 cm³/mol. The van der Waals surface area contributed by atoms with Crippen LogP contribution in [0.3, 0.4) is 0 Å². The quantitative estimate of drug-likeness (QED) is 0.0620. The van der Waals surface area contributed by atoms with Crippen LogP contribution < -0.4 is 4.74 Å². The summed E-state index contributed by atoms with van der Waals surface area (Å²) in [6.45, 7) is 13.6. The lowest BCUT2D eigenvalue weighted by Crippen LogP contribution is -2.41. The van der Waals surface area contributed by atoms with Crippen LogP contribution in [0, 0.1) is 0 Å². The van der Waals surface area contributed by atoms with Gasteiger partial charge in [-0.15, -0.1) is 0 Å². The van der Waals surface area contributed by atoms with Crippen LogP contribution in [0.4, 0.5) is 0 Å². The summed E-state index contributed by atoms with van der Waals surface area (Å²) in [6.07, 6.45) is 1.39. The lowest BCUT2D eigenvalue weighted by molar-refractivity contribution is 0.0578. The summed E-state index contributed by atoms with van der Waals surface area (Å²) in [5.41, 5.74) is 6.38. The average Bonchev–Trinajstić information content (AvgIpc) is 3.52. The molecule has 4 aromatic rings. The number of methoxy groups -OCH3 is 3. The summed E-state index contributed by atoms with van der Waals surface area (Å²) in [7, 11) is 6.55. The summed E-state index contributed by atoms with van der Waals surface area (Å²) >= 11 is 7.08. The monoisotopic (exact) mass is 713 g/mol. The fourth-order valence-electron chi connectivity index (χ4n) is 5.74. The number of esters is 1. The lowest BCUT2D eigenvalue weighted by atomic mass is 10.00. The summed E-state index contributed by atoms with van der Waals surface area (Å²) in [5.74, 6) is 0.384. The SMILES string of the molecule is COCCOCc1nn(C)c(-c2c(Cl)ccc3c(CCCO[Si](C)(C)C(C)(C)C)c(C(=O)OC)n(C)c23)c1COCc1ccc(OC)cc1. The van der Waals surface area contributed by atoms with Crippen LogP contribution in [-0.4, -0.2) is 69.8 Å². The number of fused-ring (bicyclic) bond motifs is 1. The van der Waals surface area contributed by atoms with E-state index in [4.69, 9.17) is 44.8 Å². The molecule has 12 heteroatoms. The van der Waals surface area contributed by atoms with Gasteiger partial charge < -0.3 is 32.7 Å². The molecular weight excluding hydrogens is 662 g/mol. The zero-order valence-electron chi connectivity index (χ0n) is 30.7. The van der Waals surface area contributed by atoms with Gasteiger partial charge in [-0.05, 0) is 60.3 Å². The Bertz CT molecular complexity index is 1720. The molecule has 2 heterocycles. The summed E-state index contributed by atoms with van der Waals surface area (Å²) in [5, 5.41) is 6.45. The number of aryl methyl sites for hydroxylation is 3. The normalized spacial score (nSPS) is 12.2. The third-order valence-corrected chi connectivity index (χ3v) is 14.3. The minimum absolute atomic E-state index is 0.113. The molecule has 0 atom stereocenters. The molecule has 0 unspecified atom stereocenters. The second-order valence-electron chi connectivity index (χ2n) is 13.7. The molecule has 0 aliphatic rings. The number of ether oxygens (including phenoxy) is 5. The van der Waals surface area contributed by atoms with Crippen LogP contribution >= 0.6 is 11.6 Å². The highest BCUT2D eigenvalue weighted by atomic mass is 35.5. The van der Waals surface area contributed by atoms with Crippen molar-refractivity contribution in [2.75, 3.05) is 41.2 Å². The predicted octanol–water partition coefficient (Wildman–Crippen LogP) is 7.86. The standard InChI is InChI=1S/C37H52ClN3O7Si/c1-37(2,3)49(9,10)48-19-11-12-27-28-17-18-30(38)32(33(28)40(4)35(27)36(42)45-8)34-29(31(39-41(34)5)24-46-21-20-43-6)23-47-22-25-13-15-26(44-7)16-14-25/h13-18H,11-12,19-24H2,1-10H3. The van der Waals surface area contributed by atoms with Gasteiger partial charge in [-0.2, -0.15) is 5.10 Å². The molecular formula is C37H52ClN3O7Si. The van der Waals surface area contributed by atoms with Crippen molar-refractivity contribution in [1.29, 1.82) is 0 Å². The maximum atomic E-state index is 13.3. The summed E-state index contributed by atoms with van der Waals surface area (Å²) in [6, 6.07) is 11.7. The van der Waals surface area contributed by atoms with Gasteiger partial charge >= 0.3 is 5.97 Å². The first-order valence-corrected chi connectivity index (χ1v) is 19.9. The molecule has 4 rings (SSSR count). The van der Waals surface area contributed by atoms with Crippen molar-refractivity contribution in [3.8, 4) is 17.0 Å². The van der Waals surface area contributed by atoms with Gasteiger partial charge in [0.1, 0.15) is 11.4 Å². The largest absolute Gasteiger partial charge is 0.497 e. The molecule has 0 aliphatic heterocycles. The van der Waals surface area contributed by atoms with Crippen molar-refractivity contribution in [2.24, 2.45) is 14.1 Å². The number of carbonyl (C=O) groups is 1. The van der Waals surface area contributed by atoms with E-state index in [9.17, 15) is 4.79 Å². The van der Waals surface area contributed by atoms with E-state index in [1.165, 1.54) is 7.11 Å². The van der Waals surface area contributed by atoms with Gasteiger partial charge in [-0.3, -0.25) is 4.68 Å². The van der Waals surface area contributed by atoms with E-state index in [2.05, 4.69) is 33.9 Å². The number of hydrogen-bond acceptors (Lipinski definition) is 8. The van der Waals surface area contributed by atoms with E-state index in [1.54, 1.807) is 14.2 Å². The first-order chi connectivity index (χ1) is 23.2. The van der Waals surface area contributed by atoms with Gasteiger partial charge in [0.2, 0.25) is 0 Å².